The number of anilines is 2. The van der Waals surface area contributed by atoms with Crippen molar-refractivity contribution >= 4 is 39.1 Å². The number of hydrogen-bond acceptors (Lipinski definition) is 5. The molecule has 0 fully saturated rings. The van der Waals surface area contributed by atoms with Crippen LogP contribution in [0.25, 0.3) is 0 Å². The number of nitrogens with zero attached hydrogens (tertiary/aromatic N) is 2. The molecule has 176 valence electrons. The van der Waals surface area contributed by atoms with Crippen molar-refractivity contribution in [2.75, 3.05) is 30.4 Å². The van der Waals surface area contributed by atoms with E-state index in [-0.39, 0.29) is 54.6 Å². The van der Waals surface area contributed by atoms with E-state index in [1.165, 1.54) is 29.0 Å². The Morgan fingerprint density at radius 3 is 2.52 bits per heavy atom. The Bertz CT molecular complexity index is 1150. The molecular weight excluding hydrogens is 444 g/mol. The fourth-order valence-corrected chi connectivity index (χ4v) is 4.65. The Morgan fingerprint density at radius 1 is 1.15 bits per heavy atom. The Balaban J connectivity index is 1.60. The van der Waals surface area contributed by atoms with Gasteiger partial charge in [-0.3, -0.25) is 14.4 Å². The number of carbonyl (C=O) groups excluding carboxylic acids is 3. The van der Waals surface area contributed by atoms with Gasteiger partial charge in [0.25, 0.3) is 0 Å². The number of likely N-dealkylation sites (N-methyl/N-ethyl adjacent to an activating group) is 1. The summed E-state index contributed by atoms with van der Waals surface area (Å²) in [5, 5.41) is 2.79. The lowest BCUT2D eigenvalue weighted by molar-refractivity contribution is -0.134. The van der Waals surface area contributed by atoms with Crippen LogP contribution in [0.2, 0.25) is 0 Å². The average Bonchev–Trinajstić information content (AvgIpc) is 2.87. The Hall–Kier alpha value is -3.24. The number of carbonyl (C=O) groups is 3. The number of para-hydroxylation sites is 2. The van der Waals surface area contributed by atoms with E-state index in [1.807, 2.05) is 6.92 Å². The van der Waals surface area contributed by atoms with Crippen molar-refractivity contribution in [2.24, 2.45) is 0 Å². The van der Waals surface area contributed by atoms with E-state index in [4.69, 9.17) is 0 Å². The van der Waals surface area contributed by atoms with Gasteiger partial charge in [0.2, 0.25) is 27.7 Å². The summed E-state index contributed by atoms with van der Waals surface area (Å²) in [4.78, 5) is 40.6. The van der Waals surface area contributed by atoms with Crippen LogP contribution in [0, 0.1) is 6.92 Å². The van der Waals surface area contributed by atoms with Gasteiger partial charge in [-0.1, -0.05) is 29.8 Å². The molecule has 1 atom stereocenters. The standard InChI is InChI=1S/C23H28N4O5S/c1-16-8-10-18(11-9-16)33(31,32)24-13-12-22(29)26(3)15-23(30)27-17(2)14-21(28)25-19-6-4-5-7-20(19)27/h4-11,17,24H,12-15H2,1-3H3,(H,25,28)/t17-/m1/s1. The first-order valence-electron chi connectivity index (χ1n) is 10.6. The molecule has 0 saturated heterocycles. The van der Waals surface area contributed by atoms with Gasteiger partial charge in [-0.15, -0.1) is 0 Å². The SMILES string of the molecule is Cc1ccc(S(=O)(=O)NCCC(=O)N(C)CC(=O)N2c3ccccc3NC(=O)C[C@H]2C)cc1. The van der Waals surface area contributed by atoms with E-state index in [0.29, 0.717) is 11.4 Å². The van der Waals surface area contributed by atoms with Crippen LogP contribution in [0.3, 0.4) is 0 Å². The number of nitrogens with one attached hydrogen (secondary N) is 2. The van der Waals surface area contributed by atoms with Crippen LogP contribution in [-0.2, 0) is 24.4 Å². The van der Waals surface area contributed by atoms with E-state index in [2.05, 4.69) is 10.0 Å². The molecule has 2 aromatic carbocycles. The third kappa shape index (κ3) is 5.96. The second kappa shape index (κ2) is 10.1. The zero-order chi connectivity index (χ0) is 24.2. The molecule has 3 rings (SSSR count). The minimum absolute atomic E-state index is 0.0883. The van der Waals surface area contributed by atoms with E-state index >= 15 is 0 Å². The Kier molecular flexibility index (Phi) is 7.50. The summed E-state index contributed by atoms with van der Waals surface area (Å²) in [5.74, 6) is -0.891. The molecule has 10 heteroatoms. The van der Waals surface area contributed by atoms with Crippen LogP contribution in [0.15, 0.2) is 53.4 Å². The Morgan fingerprint density at radius 2 is 1.82 bits per heavy atom. The monoisotopic (exact) mass is 472 g/mol. The molecule has 0 radical (unpaired) electrons. The zero-order valence-electron chi connectivity index (χ0n) is 18.9. The van der Waals surface area contributed by atoms with Crippen LogP contribution < -0.4 is 14.9 Å². The molecule has 33 heavy (non-hydrogen) atoms. The average molecular weight is 473 g/mol. The molecule has 0 saturated carbocycles. The van der Waals surface area contributed by atoms with E-state index in [1.54, 1.807) is 43.3 Å². The van der Waals surface area contributed by atoms with E-state index in [9.17, 15) is 22.8 Å². The number of amides is 3. The van der Waals surface area contributed by atoms with Gasteiger partial charge in [-0.05, 0) is 38.1 Å². The third-order valence-corrected chi connectivity index (χ3v) is 6.87. The maximum Gasteiger partial charge on any atom is 0.246 e. The minimum atomic E-state index is -3.72. The van der Waals surface area contributed by atoms with Crippen molar-refractivity contribution in [1.29, 1.82) is 0 Å². The second-order valence-corrected chi connectivity index (χ2v) is 9.86. The lowest BCUT2D eigenvalue weighted by Gasteiger charge is -2.29. The number of fused-ring (bicyclic) bond motifs is 1. The molecule has 1 heterocycles. The van der Waals surface area contributed by atoms with Crippen LogP contribution >= 0.6 is 0 Å². The predicted octanol–water partition coefficient (Wildman–Crippen LogP) is 1.89. The summed E-state index contributed by atoms with van der Waals surface area (Å²) >= 11 is 0. The number of sulfonamides is 1. The molecule has 1 aliphatic heterocycles. The highest BCUT2D eigenvalue weighted by atomic mass is 32.2. The molecule has 3 amide bonds. The largest absolute Gasteiger partial charge is 0.336 e. The van der Waals surface area contributed by atoms with Crippen molar-refractivity contribution < 1.29 is 22.8 Å². The second-order valence-electron chi connectivity index (χ2n) is 8.09. The smallest absolute Gasteiger partial charge is 0.246 e. The van der Waals surface area contributed by atoms with Crippen molar-refractivity contribution in [3.63, 3.8) is 0 Å². The van der Waals surface area contributed by atoms with Gasteiger partial charge in [0, 0.05) is 32.5 Å². The zero-order valence-corrected chi connectivity index (χ0v) is 19.7. The third-order valence-electron chi connectivity index (χ3n) is 5.39. The Labute approximate surface area is 193 Å². The minimum Gasteiger partial charge on any atom is -0.336 e. The maximum atomic E-state index is 13.1. The highest BCUT2D eigenvalue weighted by molar-refractivity contribution is 7.89. The van der Waals surface area contributed by atoms with Gasteiger partial charge in [0.1, 0.15) is 0 Å². The summed E-state index contributed by atoms with van der Waals surface area (Å²) in [6.07, 6.45) is 0.0416. The summed E-state index contributed by atoms with van der Waals surface area (Å²) in [5.41, 5.74) is 2.06. The van der Waals surface area contributed by atoms with Gasteiger partial charge >= 0.3 is 0 Å². The molecular formula is C23H28N4O5S. The van der Waals surface area contributed by atoms with Crippen LogP contribution in [0.4, 0.5) is 11.4 Å². The molecule has 0 bridgehead atoms. The van der Waals surface area contributed by atoms with Gasteiger partial charge in [0.15, 0.2) is 0 Å². The van der Waals surface area contributed by atoms with Crippen molar-refractivity contribution in [3.8, 4) is 0 Å². The van der Waals surface area contributed by atoms with Crippen molar-refractivity contribution in [1.82, 2.24) is 9.62 Å². The molecule has 0 spiro atoms. The van der Waals surface area contributed by atoms with Crippen LogP contribution in [0.5, 0.6) is 0 Å². The van der Waals surface area contributed by atoms with Crippen molar-refractivity contribution in [2.45, 2.75) is 37.6 Å². The molecule has 2 N–H and O–H groups in total. The van der Waals surface area contributed by atoms with Crippen LogP contribution in [-0.4, -0.2) is 57.2 Å². The lowest BCUT2D eigenvalue weighted by atomic mass is 10.1. The number of hydrogen-bond donors (Lipinski definition) is 2. The highest BCUT2D eigenvalue weighted by Gasteiger charge is 2.30. The topological polar surface area (TPSA) is 116 Å². The molecule has 9 nitrogen and oxygen atoms in total. The number of benzene rings is 2. The summed E-state index contributed by atoms with van der Waals surface area (Å²) in [6, 6.07) is 13.0. The normalized spacial score (nSPS) is 15.9. The van der Waals surface area contributed by atoms with Crippen LogP contribution in [0.1, 0.15) is 25.3 Å². The number of aryl methyl sites for hydroxylation is 1. The molecule has 0 aromatic heterocycles. The van der Waals surface area contributed by atoms with E-state index < -0.39 is 10.0 Å². The predicted molar refractivity (Wildman–Crippen MR) is 125 cm³/mol. The van der Waals surface area contributed by atoms with Gasteiger partial charge < -0.3 is 15.1 Å². The highest BCUT2D eigenvalue weighted by Crippen LogP contribution is 2.31. The summed E-state index contributed by atoms with van der Waals surface area (Å²) < 4.78 is 27.1. The first-order valence-corrected chi connectivity index (χ1v) is 12.1. The first-order chi connectivity index (χ1) is 15.6. The van der Waals surface area contributed by atoms with Crippen molar-refractivity contribution in [3.05, 3.63) is 54.1 Å². The fraction of sp³-hybridized carbons (Fsp3) is 0.348. The quantitative estimate of drug-likeness (QED) is 0.638. The number of rotatable bonds is 7. The molecule has 0 aliphatic carbocycles. The maximum absolute atomic E-state index is 13.1. The lowest BCUT2D eigenvalue weighted by Crippen LogP contribution is -2.45. The first kappa shape index (κ1) is 24.4. The van der Waals surface area contributed by atoms with Gasteiger partial charge in [0.05, 0.1) is 22.8 Å². The van der Waals surface area contributed by atoms with Gasteiger partial charge in [-0.2, -0.15) is 0 Å². The van der Waals surface area contributed by atoms with E-state index in [0.717, 1.165) is 5.56 Å². The molecule has 0 unspecified atom stereocenters. The molecule has 1 aliphatic rings. The summed E-state index contributed by atoms with van der Waals surface area (Å²) in [7, 11) is -2.23. The molecule has 2 aromatic rings. The summed E-state index contributed by atoms with van der Waals surface area (Å²) in [6.45, 7) is 3.35. The fourth-order valence-electron chi connectivity index (χ4n) is 3.62. The van der Waals surface area contributed by atoms with Gasteiger partial charge in [-0.25, -0.2) is 13.1 Å².